The first kappa shape index (κ1) is 16.1. The minimum atomic E-state index is -3.37. The lowest BCUT2D eigenvalue weighted by molar-refractivity contribution is 0.453. The van der Waals surface area contributed by atoms with Crippen LogP contribution >= 0.6 is 0 Å². The summed E-state index contributed by atoms with van der Waals surface area (Å²) in [4.78, 5) is 0. The largest absolute Gasteiger partial charge is 0.316 e. The Morgan fingerprint density at radius 3 is 2.68 bits per heavy atom. The van der Waals surface area contributed by atoms with Gasteiger partial charge in [-0.2, -0.15) is 0 Å². The molecule has 0 spiro atoms. The average Bonchev–Trinajstić information content (AvgIpc) is 2.35. The van der Waals surface area contributed by atoms with Crippen molar-refractivity contribution < 1.29 is 12.8 Å². The third-order valence-electron chi connectivity index (χ3n) is 2.92. The van der Waals surface area contributed by atoms with Gasteiger partial charge >= 0.3 is 0 Å². The highest BCUT2D eigenvalue weighted by Crippen LogP contribution is 2.12. The third kappa shape index (κ3) is 4.56. The molecule has 0 aliphatic rings. The summed E-state index contributed by atoms with van der Waals surface area (Å²) in [6.07, 6.45) is 0. The van der Waals surface area contributed by atoms with E-state index < -0.39 is 15.3 Å². The van der Waals surface area contributed by atoms with E-state index >= 15 is 0 Å². The lowest BCUT2D eigenvalue weighted by atomic mass is 10.2. The van der Waals surface area contributed by atoms with E-state index in [1.807, 2.05) is 6.92 Å². The highest BCUT2D eigenvalue weighted by atomic mass is 32.2. The molecule has 0 radical (unpaired) electrons. The standard InChI is InChI=1S/C13H21FN2O2S/c1-4-15-9-11(2)19(17,18)16(3)10-12-6-5-7-13(14)8-12/h5-8,11,15H,4,9-10H2,1-3H3. The van der Waals surface area contributed by atoms with Gasteiger partial charge in [0.25, 0.3) is 0 Å². The van der Waals surface area contributed by atoms with Gasteiger partial charge in [-0.05, 0) is 31.2 Å². The number of halogens is 1. The van der Waals surface area contributed by atoms with Crippen molar-refractivity contribution in [2.24, 2.45) is 0 Å². The molecule has 1 N–H and O–H groups in total. The predicted octanol–water partition coefficient (Wildman–Crippen LogP) is 1.59. The topological polar surface area (TPSA) is 49.4 Å². The molecule has 1 rings (SSSR count). The number of sulfonamides is 1. The Hall–Kier alpha value is -0.980. The molecular weight excluding hydrogens is 267 g/mol. The first-order chi connectivity index (χ1) is 8.87. The number of hydrogen-bond donors (Lipinski definition) is 1. The molecule has 4 nitrogen and oxygen atoms in total. The zero-order chi connectivity index (χ0) is 14.5. The lowest BCUT2D eigenvalue weighted by Crippen LogP contribution is -2.39. The molecule has 0 aliphatic carbocycles. The predicted molar refractivity (Wildman–Crippen MR) is 74.8 cm³/mol. The minimum Gasteiger partial charge on any atom is -0.316 e. The summed E-state index contributed by atoms with van der Waals surface area (Å²) in [7, 11) is -1.86. The molecule has 0 aliphatic heterocycles. The number of nitrogens with one attached hydrogen (secondary N) is 1. The monoisotopic (exact) mass is 288 g/mol. The normalized spacial score (nSPS) is 13.7. The van der Waals surface area contributed by atoms with Crippen molar-refractivity contribution in [3.05, 3.63) is 35.6 Å². The van der Waals surface area contributed by atoms with Gasteiger partial charge < -0.3 is 5.32 Å². The summed E-state index contributed by atoms with van der Waals surface area (Å²) >= 11 is 0. The van der Waals surface area contributed by atoms with Crippen molar-refractivity contribution in [1.29, 1.82) is 0 Å². The van der Waals surface area contributed by atoms with Crippen LogP contribution in [0.15, 0.2) is 24.3 Å². The fraction of sp³-hybridized carbons (Fsp3) is 0.538. The molecule has 0 saturated heterocycles. The first-order valence-corrected chi connectivity index (χ1v) is 7.78. The summed E-state index contributed by atoms with van der Waals surface area (Å²) in [6, 6.07) is 5.98. The highest BCUT2D eigenvalue weighted by molar-refractivity contribution is 7.89. The van der Waals surface area contributed by atoms with Crippen LogP contribution < -0.4 is 5.32 Å². The molecule has 19 heavy (non-hydrogen) atoms. The molecule has 0 amide bonds. The van der Waals surface area contributed by atoms with Gasteiger partial charge in [0, 0.05) is 20.1 Å². The third-order valence-corrected chi connectivity index (χ3v) is 5.10. The summed E-state index contributed by atoms with van der Waals surface area (Å²) in [5, 5.41) is 2.51. The van der Waals surface area contributed by atoms with Crippen LogP contribution in [0, 0.1) is 5.82 Å². The van der Waals surface area contributed by atoms with Gasteiger partial charge in [0.1, 0.15) is 5.82 Å². The van der Waals surface area contributed by atoms with Crippen molar-refractivity contribution in [3.63, 3.8) is 0 Å². The molecule has 108 valence electrons. The maximum atomic E-state index is 13.1. The van der Waals surface area contributed by atoms with E-state index in [0.717, 1.165) is 6.54 Å². The highest BCUT2D eigenvalue weighted by Gasteiger charge is 2.25. The van der Waals surface area contributed by atoms with E-state index in [-0.39, 0.29) is 12.4 Å². The molecular formula is C13H21FN2O2S. The van der Waals surface area contributed by atoms with Crippen LogP contribution in [0.25, 0.3) is 0 Å². The van der Waals surface area contributed by atoms with E-state index in [1.165, 1.54) is 23.5 Å². The number of rotatable bonds is 7. The Kier molecular flexibility index (Phi) is 5.90. The molecule has 1 aromatic carbocycles. The molecule has 0 aromatic heterocycles. The van der Waals surface area contributed by atoms with Crippen LogP contribution in [-0.2, 0) is 16.6 Å². The fourth-order valence-electron chi connectivity index (χ4n) is 1.74. The van der Waals surface area contributed by atoms with E-state index in [4.69, 9.17) is 0 Å². The van der Waals surface area contributed by atoms with Crippen LogP contribution in [0.1, 0.15) is 19.4 Å². The zero-order valence-electron chi connectivity index (χ0n) is 11.6. The van der Waals surface area contributed by atoms with E-state index in [2.05, 4.69) is 5.32 Å². The van der Waals surface area contributed by atoms with Crippen LogP contribution in [0.5, 0.6) is 0 Å². The molecule has 1 aromatic rings. The van der Waals surface area contributed by atoms with E-state index in [0.29, 0.717) is 12.1 Å². The maximum Gasteiger partial charge on any atom is 0.218 e. The van der Waals surface area contributed by atoms with Crippen molar-refractivity contribution in [2.45, 2.75) is 25.6 Å². The van der Waals surface area contributed by atoms with Crippen LogP contribution in [-0.4, -0.2) is 38.1 Å². The summed E-state index contributed by atoms with van der Waals surface area (Å²) in [6.45, 7) is 4.91. The van der Waals surface area contributed by atoms with Gasteiger partial charge in [0.05, 0.1) is 5.25 Å². The Labute approximate surface area is 114 Å². The quantitative estimate of drug-likeness (QED) is 0.829. The van der Waals surface area contributed by atoms with Crippen molar-refractivity contribution in [1.82, 2.24) is 9.62 Å². The van der Waals surface area contributed by atoms with Crippen molar-refractivity contribution >= 4 is 10.0 Å². The smallest absolute Gasteiger partial charge is 0.218 e. The van der Waals surface area contributed by atoms with Crippen LogP contribution in [0.4, 0.5) is 4.39 Å². The number of nitrogens with zero attached hydrogens (tertiary/aromatic N) is 1. The average molecular weight is 288 g/mol. The van der Waals surface area contributed by atoms with E-state index in [1.54, 1.807) is 19.1 Å². The lowest BCUT2D eigenvalue weighted by Gasteiger charge is -2.22. The fourth-order valence-corrected chi connectivity index (χ4v) is 3.01. The summed E-state index contributed by atoms with van der Waals surface area (Å²) in [5.41, 5.74) is 0.640. The Bertz CT molecular complexity index is 505. The van der Waals surface area contributed by atoms with Crippen LogP contribution in [0.3, 0.4) is 0 Å². The van der Waals surface area contributed by atoms with Gasteiger partial charge in [0.15, 0.2) is 0 Å². The van der Waals surface area contributed by atoms with Gasteiger partial charge in [-0.3, -0.25) is 0 Å². The maximum absolute atomic E-state index is 13.1. The molecule has 1 atom stereocenters. The van der Waals surface area contributed by atoms with E-state index in [9.17, 15) is 12.8 Å². The molecule has 0 heterocycles. The molecule has 0 fully saturated rings. The van der Waals surface area contributed by atoms with Gasteiger partial charge in [-0.25, -0.2) is 17.1 Å². The van der Waals surface area contributed by atoms with Gasteiger partial charge in [-0.15, -0.1) is 0 Å². The minimum absolute atomic E-state index is 0.177. The zero-order valence-corrected chi connectivity index (χ0v) is 12.4. The molecule has 0 bridgehead atoms. The second-order valence-electron chi connectivity index (χ2n) is 4.55. The second kappa shape index (κ2) is 6.98. The molecule has 1 unspecified atom stereocenters. The first-order valence-electron chi connectivity index (χ1n) is 6.28. The van der Waals surface area contributed by atoms with Crippen molar-refractivity contribution in [2.75, 3.05) is 20.1 Å². The summed E-state index contributed by atoms with van der Waals surface area (Å²) < 4.78 is 38.8. The van der Waals surface area contributed by atoms with Gasteiger partial charge in [-0.1, -0.05) is 19.1 Å². The molecule has 6 heteroatoms. The summed E-state index contributed by atoms with van der Waals surface area (Å²) in [5.74, 6) is -0.357. The van der Waals surface area contributed by atoms with Gasteiger partial charge in [0.2, 0.25) is 10.0 Å². The van der Waals surface area contributed by atoms with Crippen LogP contribution in [0.2, 0.25) is 0 Å². The number of benzene rings is 1. The number of hydrogen-bond acceptors (Lipinski definition) is 3. The van der Waals surface area contributed by atoms with Crippen molar-refractivity contribution in [3.8, 4) is 0 Å². The Morgan fingerprint density at radius 2 is 2.11 bits per heavy atom. The molecule has 0 saturated carbocycles. The Balaban J connectivity index is 2.73. The second-order valence-corrected chi connectivity index (χ2v) is 7.01. The SMILES string of the molecule is CCNCC(C)S(=O)(=O)N(C)Cc1cccc(F)c1. The Morgan fingerprint density at radius 1 is 1.42 bits per heavy atom.